The summed E-state index contributed by atoms with van der Waals surface area (Å²) in [5.41, 5.74) is 1.26. The molecule has 1 heterocycles. The Bertz CT molecular complexity index is 613. The van der Waals surface area contributed by atoms with Gasteiger partial charge in [0.2, 0.25) is 5.91 Å². The number of methoxy groups -OCH3 is 1. The summed E-state index contributed by atoms with van der Waals surface area (Å²) in [6.45, 7) is 2.27. The number of nitrogens with zero attached hydrogens (tertiary/aromatic N) is 1. The van der Waals surface area contributed by atoms with Crippen molar-refractivity contribution in [2.75, 3.05) is 24.3 Å². The third-order valence-electron chi connectivity index (χ3n) is 4.49. The largest absolute Gasteiger partial charge is 0.494 e. The van der Waals surface area contributed by atoms with Crippen LogP contribution in [0.4, 0.5) is 16.2 Å². The number of rotatable bonds is 4. The van der Waals surface area contributed by atoms with Crippen LogP contribution in [0.2, 0.25) is 0 Å². The molecule has 2 aliphatic rings. The summed E-state index contributed by atoms with van der Waals surface area (Å²) in [5, 5.41) is 5.65. The van der Waals surface area contributed by atoms with Gasteiger partial charge in [0, 0.05) is 31.3 Å². The topological polar surface area (TPSA) is 70.7 Å². The van der Waals surface area contributed by atoms with E-state index in [1.165, 1.54) is 26.9 Å². The SMILES string of the molecule is COc1cc(NC(=O)N2CCCC2C2CC2)ccc1NC(C)=O. The van der Waals surface area contributed by atoms with Gasteiger partial charge in [-0.15, -0.1) is 0 Å². The van der Waals surface area contributed by atoms with Crippen LogP contribution >= 0.6 is 0 Å². The number of urea groups is 1. The van der Waals surface area contributed by atoms with Gasteiger partial charge in [-0.25, -0.2) is 4.79 Å². The molecule has 1 saturated heterocycles. The Morgan fingerprint density at radius 1 is 1.22 bits per heavy atom. The van der Waals surface area contributed by atoms with E-state index in [0.717, 1.165) is 19.4 Å². The lowest BCUT2D eigenvalue weighted by Gasteiger charge is -2.25. The Kier molecular flexibility index (Phi) is 4.41. The predicted octanol–water partition coefficient (Wildman–Crippen LogP) is 3.06. The average Bonchev–Trinajstić information content (AvgIpc) is 3.25. The van der Waals surface area contributed by atoms with E-state index >= 15 is 0 Å². The van der Waals surface area contributed by atoms with E-state index in [0.29, 0.717) is 29.1 Å². The lowest BCUT2D eigenvalue weighted by Crippen LogP contribution is -2.39. The Hall–Kier alpha value is -2.24. The molecule has 1 unspecified atom stereocenters. The van der Waals surface area contributed by atoms with Crippen molar-refractivity contribution in [2.45, 2.75) is 38.6 Å². The first-order valence-corrected chi connectivity index (χ1v) is 8.11. The van der Waals surface area contributed by atoms with E-state index in [9.17, 15) is 9.59 Å². The number of benzene rings is 1. The van der Waals surface area contributed by atoms with Crippen LogP contribution in [0.1, 0.15) is 32.6 Å². The van der Waals surface area contributed by atoms with Gasteiger partial charge in [0.25, 0.3) is 0 Å². The van der Waals surface area contributed by atoms with Crippen molar-refractivity contribution in [1.82, 2.24) is 4.90 Å². The zero-order valence-corrected chi connectivity index (χ0v) is 13.6. The highest BCUT2D eigenvalue weighted by atomic mass is 16.5. The molecule has 1 atom stereocenters. The van der Waals surface area contributed by atoms with Gasteiger partial charge in [-0.2, -0.15) is 0 Å². The highest BCUT2D eigenvalue weighted by Gasteiger charge is 2.40. The van der Waals surface area contributed by atoms with Crippen molar-refractivity contribution >= 4 is 23.3 Å². The van der Waals surface area contributed by atoms with Gasteiger partial charge in [0.1, 0.15) is 5.75 Å². The van der Waals surface area contributed by atoms with Crippen LogP contribution in [0, 0.1) is 5.92 Å². The van der Waals surface area contributed by atoms with Crippen LogP contribution in [-0.4, -0.2) is 36.5 Å². The van der Waals surface area contributed by atoms with Crippen molar-refractivity contribution in [1.29, 1.82) is 0 Å². The first kappa shape index (κ1) is 15.6. The molecular formula is C17H23N3O3. The van der Waals surface area contributed by atoms with E-state index in [1.54, 1.807) is 18.2 Å². The molecule has 124 valence electrons. The van der Waals surface area contributed by atoms with Crippen LogP contribution in [0.15, 0.2) is 18.2 Å². The Morgan fingerprint density at radius 2 is 2.00 bits per heavy atom. The minimum absolute atomic E-state index is 0.0475. The van der Waals surface area contributed by atoms with Gasteiger partial charge in [0.05, 0.1) is 12.8 Å². The predicted molar refractivity (Wildman–Crippen MR) is 88.8 cm³/mol. The average molecular weight is 317 g/mol. The number of hydrogen-bond acceptors (Lipinski definition) is 3. The number of anilines is 2. The molecule has 1 aromatic rings. The minimum atomic E-state index is -0.163. The van der Waals surface area contributed by atoms with Crippen molar-refractivity contribution in [3.8, 4) is 5.75 Å². The van der Waals surface area contributed by atoms with Gasteiger partial charge in [0.15, 0.2) is 0 Å². The lowest BCUT2D eigenvalue weighted by molar-refractivity contribution is -0.114. The fourth-order valence-corrected chi connectivity index (χ4v) is 3.27. The second-order valence-electron chi connectivity index (χ2n) is 6.27. The number of nitrogens with one attached hydrogen (secondary N) is 2. The van der Waals surface area contributed by atoms with E-state index in [-0.39, 0.29) is 11.9 Å². The zero-order valence-electron chi connectivity index (χ0n) is 13.6. The van der Waals surface area contributed by atoms with Crippen molar-refractivity contribution < 1.29 is 14.3 Å². The molecule has 1 aromatic carbocycles. The normalized spacial score (nSPS) is 20.3. The second kappa shape index (κ2) is 6.48. The van der Waals surface area contributed by atoms with Crippen LogP contribution in [0.25, 0.3) is 0 Å². The van der Waals surface area contributed by atoms with E-state index in [4.69, 9.17) is 4.74 Å². The fraction of sp³-hybridized carbons (Fsp3) is 0.529. The summed E-state index contributed by atoms with van der Waals surface area (Å²) in [5.74, 6) is 1.06. The molecule has 6 nitrogen and oxygen atoms in total. The van der Waals surface area contributed by atoms with Crippen LogP contribution < -0.4 is 15.4 Å². The number of hydrogen-bond donors (Lipinski definition) is 2. The molecule has 0 radical (unpaired) electrons. The molecule has 3 rings (SSSR count). The summed E-state index contributed by atoms with van der Waals surface area (Å²) in [6, 6.07) is 5.58. The molecule has 0 spiro atoms. The van der Waals surface area contributed by atoms with Crippen LogP contribution in [-0.2, 0) is 4.79 Å². The third-order valence-corrected chi connectivity index (χ3v) is 4.49. The Labute approximate surface area is 136 Å². The lowest BCUT2D eigenvalue weighted by atomic mass is 10.1. The van der Waals surface area contributed by atoms with Crippen LogP contribution in [0.5, 0.6) is 5.75 Å². The third kappa shape index (κ3) is 3.57. The fourth-order valence-electron chi connectivity index (χ4n) is 3.27. The summed E-state index contributed by atoms with van der Waals surface area (Å²) in [4.78, 5) is 25.7. The van der Waals surface area contributed by atoms with Crippen molar-refractivity contribution in [2.24, 2.45) is 5.92 Å². The summed E-state index contributed by atoms with van der Waals surface area (Å²) < 4.78 is 5.28. The number of amides is 3. The van der Waals surface area contributed by atoms with Gasteiger partial charge in [-0.1, -0.05) is 0 Å². The summed E-state index contributed by atoms with van der Waals surface area (Å²) in [7, 11) is 1.54. The maximum atomic E-state index is 12.5. The molecule has 0 bridgehead atoms. The second-order valence-corrected chi connectivity index (χ2v) is 6.27. The molecule has 1 aliphatic carbocycles. The van der Waals surface area contributed by atoms with Crippen LogP contribution in [0.3, 0.4) is 0 Å². The molecule has 23 heavy (non-hydrogen) atoms. The van der Waals surface area contributed by atoms with Gasteiger partial charge in [-0.05, 0) is 43.7 Å². The Morgan fingerprint density at radius 3 is 2.65 bits per heavy atom. The molecule has 3 amide bonds. The van der Waals surface area contributed by atoms with Crippen molar-refractivity contribution in [3.63, 3.8) is 0 Å². The molecule has 1 saturated carbocycles. The number of likely N-dealkylation sites (tertiary alicyclic amines) is 1. The first-order valence-electron chi connectivity index (χ1n) is 8.11. The number of carbonyl (C=O) groups excluding carboxylic acids is 2. The van der Waals surface area contributed by atoms with Gasteiger partial charge < -0.3 is 20.3 Å². The molecule has 2 fully saturated rings. The van der Waals surface area contributed by atoms with E-state index < -0.39 is 0 Å². The smallest absolute Gasteiger partial charge is 0.322 e. The molecule has 2 N–H and O–H groups in total. The van der Waals surface area contributed by atoms with Gasteiger partial charge in [-0.3, -0.25) is 4.79 Å². The van der Waals surface area contributed by atoms with Crippen molar-refractivity contribution in [3.05, 3.63) is 18.2 Å². The zero-order chi connectivity index (χ0) is 16.4. The molecule has 6 heteroatoms. The first-order chi connectivity index (χ1) is 11.1. The highest BCUT2D eigenvalue weighted by Crippen LogP contribution is 2.40. The summed E-state index contributed by atoms with van der Waals surface area (Å²) >= 11 is 0. The number of ether oxygens (including phenoxy) is 1. The molecule has 0 aromatic heterocycles. The maximum absolute atomic E-state index is 12.5. The Balaban J connectivity index is 1.69. The van der Waals surface area contributed by atoms with Gasteiger partial charge >= 0.3 is 6.03 Å². The molecule has 1 aliphatic heterocycles. The number of carbonyl (C=O) groups is 2. The summed E-state index contributed by atoms with van der Waals surface area (Å²) in [6.07, 6.45) is 4.68. The minimum Gasteiger partial charge on any atom is -0.494 e. The monoisotopic (exact) mass is 317 g/mol. The van der Waals surface area contributed by atoms with E-state index in [2.05, 4.69) is 10.6 Å². The molecular weight excluding hydrogens is 294 g/mol. The van der Waals surface area contributed by atoms with E-state index in [1.807, 2.05) is 4.90 Å². The maximum Gasteiger partial charge on any atom is 0.322 e. The standard InChI is InChI=1S/C17H23N3O3/c1-11(21)18-14-8-7-13(10-16(14)23-2)19-17(22)20-9-3-4-15(20)12-5-6-12/h7-8,10,12,15H,3-6,9H2,1-2H3,(H,18,21)(H,19,22). The highest BCUT2D eigenvalue weighted by molar-refractivity contribution is 5.93. The quantitative estimate of drug-likeness (QED) is 0.896.